The smallest absolute Gasteiger partial charge is 0.243 e. The second-order valence-electron chi connectivity index (χ2n) is 4.23. The van der Waals surface area contributed by atoms with Gasteiger partial charge in [0.2, 0.25) is 10.0 Å². The predicted octanol–water partition coefficient (Wildman–Crippen LogP) is 1.50. The van der Waals surface area contributed by atoms with Crippen LogP contribution in [0.2, 0.25) is 0 Å². The number of hydrogen-bond acceptors (Lipinski definition) is 3. The molecule has 1 aliphatic heterocycles. The molecule has 0 aromatic heterocycles. The predicted molar refractivity (Wildman–Crippen MR) is 63.5 cm³/mol. The highest BCUT2D eigenvalue weighted by atomic mass is 32.2. The van der Waals surface area contributed by atoms with Gasteiger partial charge < -0.3 is 5.73 Å². The van der Waals surface area contributed by atoms with E-state index in [1.807, 2.05) is 0 Å². The summed E-state index contributed by atoms with van der Waals surface area (Å²) in [6.45, 7) is 2.52. The second-order valence-corrected chi connectivity index (χ2v) is 6.17. The number of hydrogen-bond donors (Lipinski definition) is 1. The summed E-state index contributed by atoms with van der Waals surface area (Å²) in [5.41, 5.74) is 6.05. The van der Waals surface area contributed by atoms with Crippen molar-refractivity contribution in [3.05, 3.63) is 23.5 Å². The van der Waals surface area contributed by atoms with E-state index in [2.05, 4.69) is 0 Å². The van der Waals surface area contributed by atoms with Crippen molar-refractivity contribution in [2.75, 3.05) is 18.8 Å². The highest BCUT2D eigenvalue weighted by Gasteiger charge is 2.28. The first kappa shape index (κ1) is 12.3. The first-order valence-electron chi connectivity index (χ1n) is 5.48. The minimum atomic E-state index is -3.59. The lowest BCUT2D eigenvalue weighted by molar-refractivity contribution is 0.476. The van der Waals surface area contributed by atoms with Crippen LogP contribution in [0.25, 0.3) is 0 Å². The highest BCUT2D eigenvalue weighted by molar-refractivity contribution is 7.89. The molecule has 6 heteroatoms. The Morgan fingerprint density at radius 2 is 1.88 bits per heavy atom. The lowest BCUT2D eigenvalue weighted by atomic mass is 10.2. The molecule has 1 saturated heterocycles. The second kappa shape index (κ2) is 4.27. The van der Waals surface area contributed by atoms with Crippen LogP contribution in [0.1, 0.15) is 18.4 Å². The Kier molecular flexibility index (Phi) is 3.09. The van der Waals surface area contributed by atoms with E-state index >= 15 is 0 Å². The SMILES string of the molecule is Cc1c(N)cc(S(=O)(=O)N2CCCC2)cc1F. The van der Waals surface area contributed by atoms with E-state index in [1.54, 1.807) is 0 Å². The number of nitrogens with two attached hydrogens (primary N) is 1. The van der Waals surface area contributed by atoms with Crippen molar-refractivity contribution in [2.24, 2.45) is 0 Å². The highest BCUT2D eigenvalue weighted by Crippen LogP contribution is 2.25. The van der Waals surface area contributed by atoms with Gasteiger partial charge in [-0.05, 0) is 31.9 Å². The number of nitrogens with zero attached hydrogens (tertiary/aromatic N) is 1. The first-order valence-corrected chi connectivity index (χ1v) is 6.92. The van der Waals surface area contributed by atoms with Crippen molar-refractivity contribution in [3.63, 3.8) is 0 Å². The zero-order valence-electron chi connectivity index (χ0n) is 9.61. The zero-order valence-corrected chi connectivity index (χ0v) is 10.4. The Morgan fingerprint density at radius 3 is 2.41 bits per heavy atom. The molecule has 0 bridgehead atoms. The maximum atomic E-state index is 13.5. The van der Waals surface area contributed by atoms with Crippen molar-refractivity contribution >= 4 is 15.7 Å². The van der Waals surface area contributed by atoms with Crippen molar-refractivity contribution in [1.29, 1.82) is 0 Å². The number of anilines is 1. The Balaban J connectivity index is 2.46. The summed E-state index contributed by atoms with van der Waals surface area (Å²) in [5, 5.41) is 0. The third-order valence-corrected chi connectivity index (χ3v) is 4.94. The van der Waals surface area contributed by atoms with E-state index in [1.165, 1.54) is 17.3 Å². The minimum absolute atomic E-state index is 0.0556. The molecule has 0 radical (unpaired) electrons. The van der Waals surface area contributed by atoms with E-state index < -0.39 is 15.8 Å². The van der Waals surface area contributed by atoms with Crippen molar-refractivity contribution < 1.29 is 12.8 Å². The summed E-state index contributed by atoms with van der Waals surface area (Å²) in [5.74, 6) is -0.581. The summed E-state index contributed by atoms with van der Waals surface area (Å²) < 4.78 is 39.2. The van der Waals surface area contributed by atoms with Gasteiger partial charge in [0.15, 0.2) is 0 Å². The van der Waals surface area contributed by atoms with E-state index in [0.717, 1.165) is 18.9 Å². The quantitative estimate of drug-likeness (QED) is 0.818. The maximum Gasteiger partial charge on any atom is 0.243 e. The van der Waals surface area contributed by atoms with E-state index in [9.17, 15) is 12.8 Å². The summed E-state index contributed by atoms with van der Waals surface area (Å²) in [6, 6.07) is 2.37. The normalized spacial score (nSPS) is 17.5. The molecule has 0 spiro atoms. The molecule has 1 aromatic carbocycles. The largest absolute Gasteiger partial charge is 0.398 e. The summed E-state index contributed by atoms with van der Waals surface area (Å²) in [6.07, 6.45) is 1.70. The van der Waals surface area contributed by atoms with Crippen LogP contribution in [0, 0.1) is 12.7 Å². The van der Waals surface area contributed by atoms with Crippen LogP contribution in [-0.4, -0.2) is 25.8 Å². The number of sulfonamides is 1. The Morgan fingerprint density at radius 1 is 1.29 bits per heavy atom. The molecule has 2 rings (SSSR count). The Bertz CT molecular complexity index is 513. The minimum Gasteiger partial charge on any atom is -0.398 e. The molecule has 1 aliphatic rings. The fraction of sp³-hybridized carbons (Fsp3) is 0.455. The lowest BCUT2D eigenvalue weighted by Crippen LogP contribution is -2.28. The molecule has 0 saturated carbocycles. The van der Waals surface area contributed by atoms with Crippen LogP contribution in [0.3, 0.4) is 0 Å². The average Bonchev–Trinajstić information content (AvgIpc) is 2.79. The van der Waals surface area contributed by atoms with Gasteiger partial charge in [0.25, 0.3) is 0 Å². The van der Waals surface area contributed by atoms with E-state index in [-0.39, 0.29) is 16.1 Å². The van der Waals surface area contributed by atoms with Gasteiger partial charge in [-0.1, -0.05) is 0 Å². The van der Waals surface area contributed by atoms with Crippen molar-refractivity contribution in [1.82, 2.24) is 4.31 Å². The van der Waals surface area contributed by atoms with Crippen LogP contribution in [0.15, 0.2) is 17.0 Å². The molecule has 1 aromatic rings. The standard InChI is InChI=1S/C11H15FN2O2S/c1-8-10(12)6-9(7-11(8)13)17(15,16)14-4-2-3-5-14/h6-7H,2-5,13H2,1H3. The van der Waals surface area contributed by atoms with Gasteiger partial charge in [0.05, 0.1) is 4.90 Å². The van der Waals surface area contributed by atoms with Gasteiger partial charge in [0.1, 0.15) is 5.82 Å². The van der Waals surface area contributed by atoms with E-state index in [4.69, 9.17) is 5.73 Å². The van der Waals surface area contributed by atoms with Gasteiger partial charge in [0, 0.05) is 24.3 Å². The molecule has 0 unspecified atom stereocenters. The molecular weight excluding hydrogens is 243 g/mol. The van der Waals surface area contributed by atoms with Crippen LogP contribution in [-0.2, 0) is 10.0 Å². The van der Waals surface area contributed by atoms with Gasteiger partial charge in [-0.3, -0.25) is 0 Å². The Labute approximate surface area is 100 Å². The first-order chi connectivity index (χ1) is 7.93. The van der Waals surface area contributed by atoms with E-state index in [0.29, 0.717) is 13.1 Å². The van der Waals surface area contributed by atoms with Crippen LogP contribution in [0.5, 0.6) is 0 Å². The van der Waals surface area contributed by atoms with Gasteiger partial charge in [-0.2, -0.15) is 4.31 Å². The maximum absolute atomic E-state index is 13.5. The molecule has 17 heavy (non-hydrogen) atoms. The third kappa shape index (κ3) is 2.14. The third-order valence-electron chi connectivity index (χ3n) is 3.06. The summed E-state index contributed by atoms with van der Waals surface area (Å²) in [7, 11) is -3.59. The molecule has 0 atom stereocenters. The molecule has 0 aliphatic carbocycles. The number of rotatable bonds is 2. The number of benzene rings is 1. The average molecular weight is 258 g/mol. The Hall–Kier alpha value is -1.14. The van der Waals surface area contributed by atoms with Gasteiger partial charge >= 0.3 is 0 Å². The molecule has 2 N–H and O–H groups in total. The summed E-state index contributed by atoms with van der Waals surface area (Å²) in [4.78, 5) is -0.0556. The fourth-order valence-corrected chi connectivity index (χ4v) is 3.47. The van der Waals surface area contributed by atoms with Crippen LogP contribution < -0.4 is 5.73 Å². The monoisotopic (exact) mass is 258 g/mol. The number of nitrogen functional groups attached to an aromatic ring is 1. The topological polar surface area (TPSA) is 63.4 Å². The summed E-state index contributed by atoms with van der Waals surface area (Å²) >= 11 is 0. The molecule has 1 fully saturated rings. The molecule has 1 heterocycles. The van der Waals surface area contributed by atoms with Crippen LogP contribution >= 0.6 is 0 Å². The molecule has 0 amide bonds. The van der Waals surface area contributed by atoms with Crippen molar-refractivity contribution in [3.8, 4) is 0 Å². The molecule has 94 valence electrons. The fourth-order valence-electron chi connectivity index (χ4n) is 1.90. The molecular formula is C11H15FN2O2S. The van der Waals surface area contributed by atoms with Crippen LogP contribution in [0.4, 0.5) is 10.1 Å². The van der Waals surface area contributed by atoms with Gasteiger partial charge in [-0.15, -0.1) is 0 Å². The molecule has 4 nitrogen and oxygen atoms in total. The van der Waals surface area contributed by atoms with Crippen molar-refractivity contribution in [2.45, 2.75) is 24.7 Å². The number of halogens is 1. The zero-order chi connectivity index (χ0) is 12.6. The lowest BCUT2D eigenvalue weighted by Gasteiger charge is -2.16. The van der Waals surface area contributed by atoms with Gasteiger partial charge in [-0.25, -0.2) is 12.8 Å².